The van der Waals surface area contributed by atoms with Crippen LogP contribution in [0.2, 0.25) is 19.6 Å². The first-order chi connectivity index (χ1) is 14.0. The molecule has 1 amide bonds. The SMILES string of the molecule is C[Si](C)(C)OC(=O)[C@H](Cc1cn(C(=O)C(F)(F)F)c2ccccc12)NC(=O)C(F)(F)F. The van der Waals surface area contributed by atoms with Crippen molar-refractivity contribution in [2.75, 3.05) is 0 Å². The summed E-state index contributed by atoms with van der Waals surface area (Å²) >= 11 is 0. The number of amides is 1. The van der Waals surface area contributed by atoms with Crippen LogP contribution in [0.1, 0.15) is 10.4 Å². The van der Waals surface area contributed by atoms with Crippen molar-refractivity contribution in [1.82, 2.24) is 9.88 Å². The highest BCUT2D eigenvalue weighted by Crippen LogP contribution is 2.27. The molecule has 6 nitrogen and oxygen atoms in total. The van der Waals surface area contributed by atoms with E-state index in [0.29, 0.717) is 4.57 Å². The normalized spacial score (nSPS) is 13.7. The number of rotatable bonds is 5. The number of aromatic nitrogens is 1. The van der Waals surface area contributed by atoms with Crippen LogP contribution in [0.3, 0.4) is 0 Å². The lowest BCUT2D eigenvalue weighted by Crippen LogP contribution is -2.50. The molecule has 2 rings (SSSR count). The first kappa shape index (κ1) is 24.4. The average Bonchev–Trinajstić information content (AvgIpc) is 2.96. The lowest BCUT2D eigenvalue weighted by molar-refractivity contribution is -0.175. The molecule has 0 aliphatic heterocycles. The van der Waals surface area contributed by atoms with Crippen molar-refractivity contribution in [2.24, 2.45) is 0 Å². The third-order valence-corrected chi connectivity index (χ3v) is 4.75. The van der Waals surface area contributed by atoms with Crippen LogP contribution in [-0.2, 0) is 20.4 Å². The molecule has 0 unspecified atom stereocenters. The number of benzene rings is 1. The summed E-state index contributed by atoms with van der Waals surface area (Å²) in [4.78, 5) is 35.6. The zero-order chi connectivity index (χ0) is 23.8. The molecule has 0 spiro atoms. The second-order valence-corrected chi connectivity index (χ2v) is 12.0. The summed E-state index contributed by atoms with van der Waals surface area (Å²) in [7, 11) is -2.58. The van der Waals surface area contributed by atoms with Crippen molar-refractivity contribution in [3.8, 4) is 0 Å². The molecule has 1 N–H and O–H groups in total. The highest BCUT2D eigenvalue weighted by molar-refractivity contribution is 6.71. The van der Waals surface area contributed by atoms with Gasteiger partial charge in [-0.1, -0.05) is 18.2 Å². The van der Waals surface area contributed by atoms with Gasteiger partial charge in [0.1, 0.15) is 6.04 Å². The van der Waals surface area contributed by atoms with Crippen molar-refractivity contribution in [3.05, 3.63) is 36.0 Å². The molecule has 1 heterocycles. The van der Waals surface area contributed by atoms with Crippen LogP contribution in [0.25, 0.3) is 10.9 Å². The topological polar surface area (TPSA) is 77.4 Å². The standard InChI is InChI=1S/C18H18F6N2O4Si/c1-31(2,3)30-14(27)12(25-15(28)17(19,20)21)8-10-9-26(16(29)18(22,23)24)13-7-5-4-6-11(10)13/h4-7,9,12H,8H2,1-3H3,(H,25,28)/t12-/m0/s1. The highest BCUT2D eigenvalue weighted by atomic mass is 28.4. The van der Waals surface area contributed by atoms with E-state index in [0.717, 1.165) is 6.20 Å². The van der Waals surface area contributed by atoms with Gasteiger partial charge in [0.25, 0.3) is 0 Å². The number of alkyl halides is 6. The minimum Gasteiger partial charge on any atom is -0.518 e. The summed E-state index contributed by atoms with van der Waals surface area (Å²) in [5, 5.41) is 1.63. The maximum atomic E-state index is 12.9. The van der Waals surface area contributed by atoms with Crippen LogP contribution in [0.4, 0.5) is 26.3 Å². The second-order valence-electron chi connectivity index (χ2n) is 7.61. The summed E-state index contributed by atoms with van der Waals surface area (Å²) in [6.45, 7) is 4.75. The molecule has 0 fully saturated rings. The maximum Gasteiger partial charge on any atom is 0.472 e. The number of para-hydroxylation sites is 1. The third-order valence-electron chi connectivity index (χ3n) is 3.93. The summed E-state index contributed by atoms with van der Waals surface area (Å²) in [6.07, 6.45) is -10.3. The lowest BCUT2D eigenvalue weighted by atomic mass is 10.0. The molecule has 1 atom stereocenters. The molecule has 0 aliphatic rings. The fourth-order valence-electron chi connectivity index (χ4n) is 2.74. The van der Waals surface area contributed by atoms with E-state index in [2.05, 4.69) is 0 Å². The smallest absolute Gasteiger partial charge is 0.472 e. The van der Waals surface area contributed by atoms with Crippen LogP contribution < -0.4 is 5.32 Å². The molecule has 0 saturated carbocycles. The van der Waals surface area contributed by atoms with Crippen molar-refractivity contribution >= 4 is 37.0 Å². The van der Waals surface area contributed by atoms with Gasteiger partial charge >= 0.3 is 30.1 Å². The quantitative estimate of drug-likeness (QED) is 0.535. The minimum absolute atomic E-state index is 0.0480. The van der Waals surface area contributed by atoms with E-state index < -0.39 is 50.9 Å². The Kier molecular flexibility index (Phi) is 6.59. The lowest BCUT2D eigenvalue weighted by Gasteiger charge is -2.24. The number of hydrogen-bond acceptors (Lipinski definition) is 4. The van der Waals surface area contributed by atoms with E-state index in [1.807, 2.05) is 0 Å². The van der Waals surface area contributed by atoms with Gasteiger partial charge in [-0.3, -0.25) is 19.0 Å². The number of fused-ring (bicyclic) bond motifs is 1. The van der Waals surface area contributed by atoms with Crippen LogP contribution in [-0.4, -0.2) is 49.1 Å². The van der Waals surface area contributed by atoms with Gasteiger partial charge in [-0.05, 0) is 31.3 Å². The Hall–Kier alpha value is -2.83. The van der Waals surface area contributed by atoms with Gasteiger partial charge in [-0.25, -0.2) is 0 Å². The first-order valence-electron chi connectivity index (χ1n) is 8.82. The van der Waals surface area contributed by atoms with E-state index in [9.17, 15) is 40.7 Å². The Morgan fingerprint density at radius 3 is 2.13 bits per heavy atom. The average molecular weight is 468 g/mol. The van der Waals surface area contributed by atoms with Gasteiger partial charge in [0.2, 0.25) is 8.32 Å². The van der Waals surface area contributed by atoms with Gasteiger partial charge in [0, 0.05) is 18.0 Å². The summed E-state index contributed by atoms with van der Waals surface area (Å²) in [5.74, 6) is -5.77. The Bertz CT molecular complexity index is 1010. The summed E-state index contributed by atoms with van der Waals surface area (Å²) in [5.41, 5.74) is -0.201. The molecule has 31 heavy (non-hydrogen) atoms. The zero-order valence-corrected chi connectivity index (χ0v) is 17.5. The number of halogens is 6. The van der Waals surface area contributed by atoms with Crippen LogP contribution >= 0.6 is 0 Å². The Morgan fingerprint density at radius 2 is 1.61 bits per heavy atom. The molecular weight excluding hydrogens is 450 g/mol. The Balaban J connectivity index is 2.49. The molecule has 170 valence electrons. The molecule has 2 aromatic rings. The monoisotopic (exact) mass is 468 g/mol. The van der Waals surface area contributed by atoms with Crippen LogP contribution in [0.15, 0.2) is 30.5 Å². The first-order valence-corrected chi connectivity index (χ1v) is 12.2. The molecule has 0 bridgehead atoms. The number of nitrogens with one attached hydrogen (secondary N) is 1. The molecule has 0 radical (unpaired) electrons. The summed E-state index contributed by atoms with van der Waals surface area (Å²) in [6, 6.07) is 3.54. The third kappa shape index (κ3) is 6.09. The molecule has 1 aromatic carbocycles. The van der Waals surface area contributed by atoms with Gasteiger partial charge in [-0.15, -0.1) is 0 Å². The van der Waals surface area contributed by atoms with Crippen molar-refractivity contribution in [3.63, 3.8) is 0 Å². The molecular formula is C18H18F6N2O4Si. The maximum absolute atomic E-state index is 12.9. The molecule has 1 aromatic heterocycles. The largest absolute Gasteiger partial charge is 0.518 e. The zero-order valence-electron chi connectivity index (χ0n) is 16.5. The van der Waals surface area contributed by atoms with Gasteiger partial charge in [0.15, 0.2) is 0 Å². The van der Waals surface area contributed by atoms with E-state index in [1.54, 1.807) is 19.6 Å². The predicted molar refractivity (Wildman–Crippen MR) is 99.7 cm³/mol. The van der Waals surface area contributed by atoms with Gasteiger partial charge < -0.3 is 9.74 Å². The van der Waals surface area contributed by atoms with E-state index >= 15 is 0 Å². The van der Waals surface area contributed by atoms with Crippen LogP contribution in [0, 0.1) is 0 Å². The Labute approximate surface area is 173 Å². The number of carbonyl (C=O) groups excluding carboxylic acids is 3. The predicted octanol–water partition coefficient (Wildman–Crippen LogP) is 3.81. The number of carbonyl (C=O) groups is 3. The highest BCUT2D eigenvalue weighted by Gasteiger charge is 2.43. The number of nitrogens with zero attached hydrogens (tertiary/aromatic N) is 1. The second kappa shape index (κ2) is 8.36. The molecule has 0 aliphatic carbocycles. The van der Waals surface area contributed by atoms with Crippen molar-refractivity contribution in [1.29, 1.82) is 0 Å². The fraction of sp³-hybridized carbons (Fsp3) is 0.389. The fourth-order valence-corrected chi connectivity index (χ4v) is 3.49. The van der Waals surface area contributed by atoms with Gasteiger partial charge in [0.05, 0.1) is 5.52 Å². The van der Waals surface area contributed by atoms with E-state index in [4.69, 9.17) is 4.43 Å². The minimum atomic E-state index is -5.29. The van der Waals surface area contributed by atoms with Gasteiger partial charge in [-0.2, -0.15) is 26.3 Å². The van der Waals surface area contributed by atoms with Crippen molar-refractivity contribution < 1.29 is 45.2 Å². The van der Waals surface area contributed by atoms with E-state index in [-0.39, 0.29) is 16.5 Å². The molecule has 0 saturated heterocycles. The Morgan fingerprint density at radius 1 is 1.03 bits per heavy atom. The van der Waals surface area contributed by atoms with Crippen LogP contribution in [0.5, 0.6) is 0 Å². The molecule has 13 heteroatoms. The van der Waals surface area contributed by atoms with Crippen molar-refractivity contribution in [2.45, 2.75) is 44.5 Å². The summed E-state index contributed by atoms with van der Waals surface area (Å²) < 4.78 is 82.4. The van der Waals surface area contributed by atoms with E-state index in [1.165, 1.54) is 29.6 Å². The number of hydrogen-bond donors (Lipinski definition) is 1.